The van der Waals surface area contributed by atoms with Crippen molar-refractivity contribution in [1.82, 2.24) is 10.0 Å². The number of hydrogen-bond donors (Lipinski definition) is 0. The van der Waals surface area contributed by atoms with Crippen molar-refractivity contribution in [3.05, 3.63) is 0 Å². The van der Waals surface area contributed by atoms with Crippen LogP contribution in [-0.2, 0) is 9.59 Å². The van der Waals surface area contributed by atoms with Crippen LogP contribution in [0.25, 0.3) is 0 Å². The van der Waals surface area contributed by atoms with E-state index in [4.69, 9.17) is 0 Å². The van der Waals surface area contributed by atoms with Crippen LogP contribution in [-0.4, -0.2) is 34.9 Å². The summed E-state index contributed by atoms with van der Waals surface area (Å²) in [6.07, 6.45) is 1.97. The molecule has 1 saturated heterocycles. The summed E-state index contributed by atoms with van der Waals surface area (Å²) in [5.74, 6) is -0.0106. The summed E-state index contributed by atoms with van der Waals surface area (Å²) in [7, 11) is 0. The van der Waals surface area contributed by atoms with Gasteiger partial charge >= 0.3 is 0 Å². The van der Waals surface area contributed by atoms with Gasteiger partial charge in [0.2, 0.25) is 11.8 Å². The second-order valence-corrected chi connectivity index (χ2v) is 4.94. The van der Waals surface area contributed by atoms with Gasteiger partial charge in [0.05, 0.1) is 0 Å². The van der Waals surface area contributed by atoms with Crippen molar-refractivity contribution in [2.24, 2.45) is 11.8 Å². The fraction of sp³-hybridized carbons (Fsp3) is 0.833. The summed E-state index contributed by atoms with van der Waals surface area (Å²) in [6, 6.07) is 0. The summed E-state index contributed by atoms with van der Waals surface area (Å²) in [5, 5.41) is 3.27. The Bertz CT molecular complexity index is 246. The molecule has 16 heavy (non-hydrogen) atoms. The van der Waals surface area contributed by atoms with Gasteiger partial charge in [-0.1, -0.05) is 27.7 Å². The Morgan fingerprint density at radius 1 is 0.812 bits per heavy atom. The topological polar surface area (TPSA) is 40.6 Å². The van der Waals surface area contributed by atoms with Crippen molar-refractivity contribution in [3.8, 4) is 0 Å². The van der Waals surface area contributed by atoms with E-state index in [0.717, 1.165) is 12.8 Å². The zero-order chi connectivity index (χ0) is 12.3. The molecule has 4 nitrogen and oxygen atoms in total. The van der Waals surface area contributed by atoms with Gasteiger partial charge in [-0.2, -0.15) is 0 Å². The molecule has 0 atom stereocenters. The van der Waals surface area contributed by atoms with Gasteiger partial charge < -0.3 is 0 Å². The molecule has 1 heterocycles. The highest BCUT2D eigenvalue weighted by atomic mass is 16.2. The Balaban J connectivity index is 2.79. The lowest BCUT2D eigenvalue weighted by atomic mass is 10.1. The molecule has 0 bridgehead atoms. The molecule has 92 valence electrons. The fourth-order valence-corrected chi connectivity index (χ4v) is 1.82. The molecule has 0 saturated carbocycles. The zero-order valence-corrected chi connectivity index (χ0v) is 10.7. The summed E-state index contributed by atoms with van der Waals surface area (Å²) >= 11 is 0. The van der Waals surface area contributed by atoms with Gasteiger partial charge in [-0.25, -0.2) is 0 Å². The lowest BCUT2D eigenvalue weighted by molar-refractivity contribution is -0.171. The van der Waals surface area contributed by atoms with Gasteiger partial charge in [0.15, 0.2) is 0 Å². The maximum Gasteiger partial charge on any atom is 0.243 e. The quantitative estimate of drug-likeness (QED) is 0.718. The number of rotatable bonds is 2. The Labute approximate surface area is 97.6 Å². The van der Waals surface area contributed by atoms with Crippen LogP contribution in [0.3, 0.4) is 0 Å². The number of hydrogen-bond acceptors (Lipinski definition) is 2. The highest BCUT2D eigenvalue weighted by Crippen LogP contribution is 2.16. The molecule has 0 N–H and O–H groups in total. The smallest absolute Gasteiger partial charge is 0.243 e. The standard InChI is InChI=1S/C12H22N2O2/c1-9(2)11(15)13-7-5-6-8-14(13)12(16)10(3)4/h9-10H,5-8H2,1-4H3. The van der Waals surface area contributed by atoms with Crippen LogP contribution in [0, 0.1) is 11.8 Å². The number of carbonyl (C=O) groups is 2. The van der Waals surface area contributed by atoms with E-state index in [1.165, 1.54) is 0 Å². The Hall–Kier alpha value is -1.06. The first-order valence-corrected chi connectivity index (χ1v) is 6.07. The molecule has 0 radical (unpaired) electrons. The van der Waals surface area contributed by atoms with E-state index in [0.29, 0.717) is 13.1 Å². The van der Waals surface area contributed by atoms with Crippen LogP contribution in [0.4, 0.5) is 0 Å². The minimum absolute atomic E-state index is 0.0497. The van der Waals surface area contributed by atoms with E-state index >= 15 is 0 Å². The summed E-state index contributed by atoms with van der Waals surface area (Å²) in [4.78, 5) is 23.9. The van der Waals surface area contributed by atoms with Gasteiger partial charge in [-0.15, -0.1) is 0 Å². The third-order valence-corrected chi connectivity index (χ3v) is 2.78. The maximum absolute atomic E-state index is 12.0. The molecule has 1 rings (SSSR count). The Kier molecular flexibility index (Phi) is 4.33. The maximum atomic E-state index is 12.0. The molecule has 0 spiro atoms. The first kappa shape index (κ1) is 13.0. The Morgan fingerprint density at radius 2 is 1.12 bits per heavy atom. The third-order valence-electron chi connectivity index (χ3n) is 2.78. The van der Waals surface area contributed by atoms with Crippen LogP contribution >= 0.6 is 0 Å². The summed E-state index contributed by atoms with van der Waals surface area (Å²) < 4.78 is 0. The van der Waals surface area contributed by atoms with E-state index in [1.807, 2.05) is 27.7 Å². The molecule has 1 aliphatic rings. The predicted octanol–water partition coefficient (Wildman–Crippen LogP) is 1.66. The molecule has 0 unspecified atom stereocenters. The molecule has 0 aromatic heterocycles. The first-order valence-electron chi connectivity index (χ1n) is 6.07. The molecule has 0 aliphatic carbocycles. The van der Waals surface area contributed by atoms with Gasteiger partial charge in [0, 0.05) is 24.9 Å². The molecule has 1 fully saturated rings. The molecule has 1 aliphatic heterocycles. The monoisotopic (exact) mass is 226 g/mol. The van der Waals surface area contributed by atoms with Crippen LogP contribution in [0.15, 0.2) is 0 Å². The number of hydrazine groups is 1. The van der Waals surface area contributed by atoms with Crippen LogP contribution in [0.5, 0.6) is 0 Å². The SMILES string of the molecule is CC(C)C(=O)N1CCCCN1C(=O)C(C)C. The van der Waals surface area contributed by atoms with Crippen molar-refractivity contribution in [1.29, 1.82) is 0 Å². The minimum atomic E-state index is -0.0550. The fourth-order valence-electron chi connectivity index (χ4n) is 1.82. The molecular weight excluding hydrogens is 204 g/mol. The van der Waals surface area contributed by atoms with Crippen molar-refractivity contribution < 1.29 is 9.59 Å². The van der Waals surface area contributed by atoms with Crippen LogP contribution < -0.4 is 0 Å². The lowest BCUT2D eigenvalue weighted by Crippen LogP contribution is -2.55. The minimum Gasteiger partial charge on any atom is -0.273 e. The van der Waals surface area contributed by atoms with Gasteiger partial charge in [0.1, 0.15) is 0 Å². The lowest BCUT2D eigenvalue weighted by Gasteiger charge is -2.40. The third kappa shape index (κ3) is 2.74. The largest absolute Gasteiger partial charge is 0.273 e. The second-order valence-electron chi connectivity index (χ2n) is 4.94. The van der Waals surface area contributed by atoms with Crippen molar-refractivity contribution in [2.45, 2.75) is 40.5 Å². The van der Waals surface area contributed by atoms with E-state index in [1.54, 1.807) is 10.0 Å². The molecule has 2 amide bonds. The summed E-state index contributed by atoms with van der Waals surface area (Å²) in [6.45, 7) is 8.83. The van der Waals surface area contributed by atoms with E-state index < -0.39 is 0 Å². The normalized spacial score (nSPS) is 17.1. The number of amides is 2. The van der Waals surface area contributed by atoms with E-state index in [9.17, 15) is 9.59 Å². The number of nitrogens with zero attached hydrogens (tertiary/aromatic N) is 2. The van der Waals surface area contributed by atoms with Crippen molar-refractivity contribution in [2.75, 3.05) is 13.1 Å². The molecular formula is C12H22N2O2. The Morgan fingerprint density at radius 3 is 1.38 bits per heavy atom. The van der Waals surface area contributed by atoms with Gasteiger partial charge in [-0.3, -0.25) is 19.6 Å². The predicted molar refractivity (Wildman–Crippen MR) is 62.3 cm³/mol. The summed E-state index contributed by atoms with van der Waals surface area (Å²) in [5.41, 5.74) is 0. The second kappa shape index (κ2) is 5.32. The van der Waals surface area contributed by atoms with E-state index in [-0.39, 0.29) is 23.7 Å². The number of carbonyl (C=O) groups excluding carboxylic acids is 2. The zero-order valence-electron chi connectivity index (χ0n) is 10.7. The molecule has 0 aromatic carbocycles. The highest BCUT2D eigenvalue weighted by molar-refractivity contribution is 5.84. The average molecular weight is 226 g/mol. The van der Waals surface area contributed by atoms with E-state index in [2.05, 4.69) is 0 Å². The molecule has 0 aromatic rings. The molecule has 4 heteroatoms. The van der Waals surface area contributed by atoms with Crippen molar-refractivity contribution in [3.63, 3.8) is 0 Å². The first-order chi connectivity index (χ1) is 7.45. The van der Waals surface area contributed by atoms with Gasteiger partial charge in [-0.05, 0) is 12.8 Å². The average Bonchev–Trinajstić information content (AvgIpc) is 2.26. The van der Waals surface area contributed by atoms with Crippen LogP contribution in [0.1, 0.15) is 40.5 Å². The van der Waals surface area contributed by atoms with Gasteiger partial charge in [0.25, 0.3) is 0 Å². The van der Waals surface area contributed by atoms with Crippen molar-refractivity contribution >= 4 is 11.8 Å². The highest BCUT2D eigenvalue weighted by Gasteiger charge is 2.30. The van der Waals surface area contributed by atoms with Crippen LogP contribution in [0.2, 0.25) is 0 Å².